The summed E-state index contributed by atoms with van der Waals surface area (Å²) < 4.78 is 5.37. The predicted molar refractivity (Wildman–Crippen MR) is 63.7 cm³/mol. The Labute approximate surface area is 106 Å². The predicted octanol–water partition coefficient (Wildman–Crippen LogP) is -0.180. The fourth-order valence-corrected chi connectivity index (χ4v) is 3.48. The second kappa shape index (κ2) is 3.38. The van der Waals surface area contributed by atoms with E-state index in [1.165, 1.54) is 0 Å². The lowest BCUT2D eigenvalue weighted by Crippen LogP contribution is -2.57. The summed E-state index contributed by atoms with van der Waals surface area (Å²) in [5.41, 5.74) is 5.53. The van der Waals surface area contributed by atoms with Crippen molar-refractivity contribution < 1.29 is 14.3 Å². The zero-order chi connectivity index (χ0) is 13.2. The van der Waals surface area contributed by atoms with Gasteiger partial charge in [-0.05, 0) is 27.2 Å². The normalized spacial score (nSPS) is 41.2. The molecule has 2 amide bonds. The van der Waals surface area contributed by atoms with Crippen molar-refractivity contribution in [2.45, 2.75) is 57.0 Å². The number of hydrogen-bond acceptors (Lipinski definition) is 4. The average Bonchev–Trinajstić information content (AvgIpc) is 2.78. The monoisotopic (exact) mass is 253 g/mol. The quantitative estimate of drug-likeness (QED) is 0.627. The first-order valence-corrected chi connectivity index (χ1v) is 6.37. The molecule has 0 aromatic heterocycles. The van der Waals surface area contributed by atoms with Crippen molar-refractivity contribution in [2.24, 2.45) is 11.7 Å². The highest BCUT2D eigenvalue weighted by Gasteiger charge is 2.64. The number of nitrogens with zero attached hydrogens (tertiary/aromatic N) is 1. The zero-order valence-corrected chi connectivity index (χ0v) is 10.8. The van der Waals surface area contributed by atoms with Crippen LogP contribution in [0, 0.1) is 5.92 Å². The first kappa shape index (κ1) is 11.8. The SMILES string of the molecule is CC(C)(C)OC(=O)N1[C@@H]2C(=O)N[C@@H]3[C@@H](N)[C@@H]1C[C@@H]32. The van der Waals surface area contributed by atoms with Crippen molar-refractivity contribution in [1.29, 1.82) is 0 Å². The molecule has 3 N–H and O–H groups in total. The average molecular weight is 253 g/mol. The van der Waals surface area contributed by atoms with E-state index in [-0.39, 0.29) is 36.0 Å². The number of carbonyl (C=O) groups excluding carboxylic acids is 2. The summed E-state index contributed by atoms with van der Waals surface area (Å²) in [5, 5.41) is 2.89. The van der Waals surface area contributed by atoms with E-state index in [2.05, 4.69) is 5.32 Å². The summed E-state index contributed by atoms with van der Waals surface area (Å²) in [6.45, 7) is 5.45. The first-order valence-electron chi connectivity index (χ1n) is 6.37. The summed E-state index contributed by atoms with van der Waals surface area (Å²) in [6.07, 6.45) is 0.375. The Bertz CT molecular complexity index is 417. The number of piperidine rings is 1. The number of ether oxygens (including phenoxy) is 1. The van der Waals surface area contributed by atoms with Crippen LogP contribution in [0.25, 0.3) is 0 Å². The van der Waals surface area contributed by atoms with E-state index in [1.54, 1.807) is 4.90 Å². The smallest absolute Gasteiger partial charge is 0.411 e. The molecule has 6 nitrogen and oxygen atoms in total. The van der Waals surface area contributed by atoms with Crippen LogP contribution in [0.3, 0.4) is 0 Å². The molecule has 0 aromatic carbocycles. The van der Waals surface area contributed by atoms with Crippen molar-refractivity contribution in [3.05, 3.63) is 0 Å². The first-order chi connectivity index (χ1) is 8.29. The van der Waals surface area contributed by atoms with Crippen LogP contribution in [0.1, 0.15) is 27.2 Å². The van der Waals surface area contributed by atoms with Gasteiger partial charge in [0, 0.05) is 12.0 Å². The molecule has 2 saturated heterocycles. The van der Waals surface area contributed by atoms with Crippen LogP contribution in [0.2, 0.25) is 0 Å². The highest BCUT2D eigenvalue weighted by Crippen LogP contribution is 2.46. The van der Waals surface area contributed by atoms with E-state index in [9.17, 15) is 9.59 Å². The molecule has 0 radical (unpaired) electrons. The minimum Gasteiger partial charge on any atom is -0.444 e. The Kier molecular flexibility index (Phi) is 2.21. The number of amides is 2. The molecule has 3 fully saturated rings. The molecule has 5 atom stereocenters. The van der Waals surface area contributed by atoms with Crippen molar-refractivity contribution in [3.63, 3.8) is 0 Å². The summed E-state index contributed by atoms with van der Waals surface area (Å²) in [7, 11) is 0. The molecule has 1 saturated carbocycles. The summed E-state index contributed by atoms with van der Waals surface area (Å²) >= 11 is 0. The van der Waals surface area contributed by atoms with Crippen LogP contribution in [-0.2, 0) is 9.53 Å². The Morgan fingerprint density at radius 1 is 1.50 bits per heavy atom. The minimum absolute atomic E-state index is 0.0335. The fourth-order valence-electron chi connectivity index (χ4n) is 3.48. The van der Waals surface area contributed by atoms with E-state index in [1.807, 2.05) is 20.8 Å². The zero-order valence-electron chi connectivity index (χ0n) is 10.8. The van der Waals surface area contributed by atoms with Crippen molar-refractivity contribution in [3.8, 4) is 0 Å². The lowest BCUT2D eigenvalue weighted by molar-refractivity contribution is -0.123. The van der Waals surface area contributed by atoms with Gasteiger partial charge in [0.15, 0.2) is 0 Å². The van der Waals surface area contributed by atoms with Crippen molar-refractivity contribution in [2.75, 3.05) is 0 Å². The molecule has 18 heavy (non-hydrogen) atoms. The van der Waals surface area contributed by atoms with E-state index >= 15 is 0 Å². The Morgan fingerprint density at radius 3 is 2.78 bits per heavy atom. The van der Waals surface area contributed by atoms with Crippen molar-refractivity contribution >= 4 is 12.0 Å². The van der Waals surface area contributed by atoms with Gasteiger partial charge in [0.1, 0.15) is 11.6 Å². The van der Waals surface area contributed by atoms with Crippen LogP contribution in [0.15, 0.2) is 0 Å². The summed E-state index contributed by atoms with van der Waals surface area (Å²) in [6, 6.07) is -0.593. The second-order valence-corrected chi connectivity index (χ2v) is 6.41. The van der Waals surface area contributed by atoms with Gasteiger partial charge in [0.2, 0.25) is 5.91 Å². The third-order valence-corrected chi connectivity index (χ3v) is 4.08. The molecule has 0 aromatic rings. The third kappa shape index (κ3) is 1.44. The Hall–Kier alpha value is -1.30. The molecule has 0 unspecified atom stereocenters. The van der Waals surface area contributed by atoms with Gasteiger partial charge in [0.25, 0.3) is 0 Å². The van der Waals surface area contributed by atoms with Gasteiger partial charge < -0.3 is 15.8 Å². The number of nitrogens with two attached hydrogens (primary N) is 1. The largest absolute Gasteiger partial charge is 0.444 e. The van der Waals surface area contributed by atoms with E-state index < -0.39 is 11.7 Å². The van der Waals surface area contributed by atoms with Crippen LogP contribution < -0.4 is 11.1 Å². The molecule has 2 bridgehead atoms. The van der Waals surface area contributed by atoms with E-state index in [4.69, 9.17) is 10.5 Å². The van der Waals surface area contributed by atoms with E-state index in [0.29, 0.717) is 0 Å². The van der Waals surface area contributed by atoms with Gasteiger partial charge in [-0.2, -0.15) is 0 Å². The number of hydrogen-bond donors (Lipinski definition) is 2. The number of rotatable bonds is 0. The van der Waals surface area contributed by atoms with Gasteiger partial charge in [-0.15, -0.1) is 0 Å². The third-order valence-electron chi connectivity index (χ3n) is 4.08. The molecule has 3 rings (SSSR count). The van der Waals surface area contributed by atoms with Gasteiger partial charge in [-0.3, -0.25) is 9.69 Å². The van der Waals surface area contributed by atoms with Gasteiger partial charge in [-0.25, -0.2) is 4.79 Å². The second-order valence-electron chi connectivity index (χ2n) is 6.41. The Morgan fingerprint density at radius 2 is 2.17 bits per heavy atom. The maximum Gasteiger partial charge on any atom is 0.411 e. The molecular weight excluding hydrogens is 234 g/mol. The fraction of sp³-hybridized carbons (Fsp3) is 0.833. The molecule has 2 aliphatic heterocycles. The number of fused-ring (bicyclic) bond motifs is 1. The van der Waals surface area contributed by atoms with Crippen LogP contribution in [0.4, 0.5) is 4.79 Å². The number of nitrogens with one attached hydrogen (secondary N) is 1. The topological polar surface area (TPSA) is 84.7 Å². The lowest BCUT2D eigenvalue weighted by Gasteiger charge is -2.35. The standard InChI is InChI=1S/C12H19N3O3/c1-12(2,3)18-11(17)15-6-4-5-8(7(6)13)14-10(16)9(5)15/h5-9H,4,13H2,1-3H3,(H,14,16)/t5-,6-,7-,8-,9-/m0/s1. The number of likely N-dealkylation sites (tertiary alicyclic amines) is 1. The van der Waals surface area contributed by atoms with Crippen molar-refractivity contribution in [1.82, 2.24) is 10.2 Å². The van der Waals surface area contributed by atoms with Crippen LogP contribution in [-0.4, -0.2) is 46.7 Å². The molecule has 2 heterocycles. The van der Waals surface area contributed by atoms with Crippen LogP contribution >= 0.6 is 0 Å². The summed E-state index contributed by atoms with van der Waals surface area (Å²) in [4.78, 5) is 25.7. The molecule has 0 spiro atoms. The summed E-state index contributed by atoms with van der Waals surface area (Å²) in [5.74, 6) is 0.0660. The highest BCUT2D eigenvalue weighted by molar-refractivity contribution is 5.90. The molecule has 3 aliphatic rings. The maximum absolute atomic E-state index is 12.2. The minimum atomic E-state index is -0.558. The maximum atomic E-state index is 12.2. The lowest BCUT2D eigenvalue weighted by atomic mass is 9.97. The Balaban J connectivity index is 1.85. The van der Waals surface area contributed by atoms with Crippen LogP contribution in [0.5, 0.6) is 0 Å². The molecular formula is C12H19N3O3. The number of carbonyl (C=O) groups is 2. The molecule has 100 valence electrons. The van der Waals surface area contributed by atoms with E-state index in [0.717, 1.165) is 6.42 Å². The van der Waals surface area contributed by atoms with Gasteiger partial charge >= 0.3 is 6.09 Å². The highest BCUT2D eigenvalue weighted by atomic mass is 16.6. The molecule has 1 aliphatic carbocycles. The molecule has 6 heteroatoms. The van der Waals surface area contributed by atoms with Gasteiger partial charge in [-0.1, -0.05) is 0 Å². The van der Waals surface area contributed by atoms with Gasteiger partial charge in [0.05, 0.1) is 12.1 Å².